The van der Waals surface area contributed by atoms with Gasteiger partial charge in [-0.2, -0.15) is 4.31 Å². The molecule has 3 unspecified atom stereocenters. The Balaban J connectivity index is 1.28. The van der Waals surface area contributed by atoms with Crippen LogP contribution in [-0.2, 0) is 16.1 Å². The van der Waals surface area contributed by atoms with Crippen LogP contribution in [0.2, 0.25) is 0 Å². The minimum atomic E-state index is -1.21. The molecule has 6 nitrogen and oxygen atoms in total. The lowest BCUT2D eigenvalue weighted by Crippen LogP contribution is -2.45. The number of nitrogens with one attached hydrogen (secondary N) is 1. The molecule has 1 aromatic rings. The van der Waals surface area contributed by atoms with Crippen LogP contribution in [0.3, 0.4) is 0 Å². The van der Waals surface area contributed by atoms with Gasteiger partial charge in [-0.1, -0.05) is 29.2 Å². The van der Waals surface area contributed by atoms with Gasteiger partial charge in [-0.25, -0.2) is 0 Å². The number of hydrogen-bond donors (Lipinski definition) is 1. The summed E-state index contributed by atoms with van der Waals surface area (Å²) >= 11 is 2.21. The van der Waals surface area contributed by atoms with Crippen LogP contribution in [0.1, 0.15) is 13.3 Å². The number of ether oxygens (including phenoxy) is 1. The molecule has 4 aliphatic rings. The van der Waals surface area contributed by atoms with E-state index >= 15 is 0 Å². The molecule has 0 aromatic carbocycles. The number of aliphatic imine (C=N–C) groups is 1. The molecular weight excluding hydrogens is 448 g/mol. The van der Waals surface area contributed by atoms with E-state index in [0.29, 0.717) is 0 Å². The van der Waals surface area contributed by atoms with E-state index in [9.17, 15) is 4.55 Å². The van der Waals surface area contributed by atoms with Crippen LogP contribution in [0.25, 0.3) is 0 Å². The highest BCUT2D eigenvalue weighted by molar-refractivity contribution is 8.15. The standard InChI is InChI=1S/C22H28N4O2S3/c1-22(15-26-8-10-28-11-9-26)14-23-21(30-22)17-13-16-5-3-6-18(20(16)24-17)25(2)31(27)19-7-4-12-29-19/h3-4,6-7,12-13,16,24H,5,8-11,14-15H2,1-2H3. The highest BCUT2D eigenvalue weighted by atomic mass is 32.2. The van der Waals surface area contributed by atoms with Crippen LogP contribution in [0.15, 0.2) is 62.0 Å². The zero-order valence-corrected chi connectivity index (χ0v) is 20.3. The van der Waals surface area contributed by atoms with Crippen molar-refractivity contribution in [1.82, 2.24) is 14.5 Å². The van der Waals surface area contributed by atoms with Gasteiger partial charge in [0.05, 0.1) is 42.9 Å². The highest BCUT2D eigenvalue weighted by Crippen LogP contribution is 2.40. The number of hydrogen-bond acceptors (Lipinski definition) is 8. The topological polar surface area (TPSA) is 63.2 Å². The fraction of sp³-hybridized carbons (Fsp3) is 0.500. The predicted octanol–water partition coefficient (Wildman–Crippen LogP) is 3.21. The van der Waals surface area contributed by atoms with E-state index in [1.807, 2.05) is 40.6 Å². The molecule has 1 aliphatic carbocycles. The molecule has 1 fully saturated rings. The van der Waals surface area contributed by atoms with E-state index in [0.717, 1.165) is 72.2 Å². The van der Waals surface area contributed by atoms with Gasteiger partial charge in [-0.15, -0.1) is 0 Å². The van der Waals surface area contributed by atoms with E-state index < -0.39 is 11.4 Å². The number of nitrogens with zero attached hydrogens (tertiary/aromatic N) is 3. The van der Waals surface area contributed by atoms with Crippen molar-refractivity contribution >= 4 is 39.5 Å². The van der Waals surface area contributed by atoms with E-state index in [1.165, 1.54) is 11.3 Å². The van der Waals surface area contributed by atoms with Crippen molar-refractivity contribution in [1.29, 1.82) is 0 Å². The van der Waals surface area contributed by atoms with Crippen molar-refractivity contribution in [2.75, 3.05) is 46.4 Å². The Kier molecular flexibility index (Phi) is 6.24. The van der Waals surface area contributed by atoms with Crippen LogP contribution in [0.5, 0.6) is 0 Å². The van der Waals surface area contributed by atoms with Crippen molar-refractivity contribution in [3.8, 4) is 0 Å². The molecule has 31 heavy (non-hydrogen) atoms. The molecule has 5 rings (SSSR count). The molecule has 166 valence electrons. The van der Waals surface area contributed by atoms with Crippen LogP contribution in [0.4, 0.5) is 0 Å². The van der Waals surface area contributed by atoms with Gasteiger partial charge in [0.25, 0.3) is 0 Å². The van der Waals surface area contributed by atoms with Gasteiger partial charge in [0.2, 0.25) is 4.21 Å². The van der Waals surface area contributed by atoms with Gasteiger partial charge < -0.3 is 14.6 Å². The smallest absolute Gasteiger partial charge is 0.233 e. The molecule has 3 atom stereocenters. The van der Waals surface area contributed by atoms with E-state index in [2.05, 4.69) is 35.4 Å². The fourth-order valence-corrected chi connectivity index (χ4v) is 7.68. The molecule has 3 aliphatic heterocycles. The molecule has 0 spiro atoms. The Morgan fingerprint density at radius 3 is 3.03 bits per heavy atom. The fourth-order valence-electron chi connectivity index (χ4n) is 4.40. The zero-order chi connectivity index (χ0) is 21.4. The van der Waals surface area contributed by atoms with Crippen molar-refractivity contribution in [2.45, 2.75) is 22.3 Å². The Morgan fingerprint density at radius 2 is 2.26 bits per heavy atom. The summed E-state index contributed by atoms with van der Waals surface area (Å²) in [5.74, 6) is 0.284. The number of thioether (sulfide) groups is 1. The first kappa shape index (κ1) is 21.6. The molecule has 1 saturated heterocycles. The average molecular weight is 477 g/mol. The first-order valence-electron chi connectivity index (χ1n) is 10.6. The molecule has 0 saturated carbocycles. The molecule has 0 amide bonds. The number of morpholine rings is 1. The number of rotatable bonds is 6. The maximum atomic E-state index is 13.0. The maximum absolute atomic E-state index is 13.0. The lowest BCUT2D eigenvalue weighted by molar-refractivity contribution is 0.0347. The Bertz CT molecular complexity index is 937. The normalized spacial score (nSPS) is 29.5. The summed E-state index contributed by atoms with van der Waals surface area (Å²) in [5, 5.41) is 6.70. The minimum absolute atomic E-state index is 0.0931. The van der Waals surface area contributed by atoms with Gasteiger partial charge >= 0.3 is 0 Å². The molecule has 0 bridgehead atoms. The maximum Gasteiger partial charge on any atom is 0.233 e. The predicted molar refractivity (Wildman–Crippen MR) is 130 cm³/mol. The zero-order valence-electron chi connectivity index (χ0n) is 17.9. The summed E-state index contributed by atoms with van der Waals surface area (Å²) in [4.78, 5) is 7.41. The summed E-state index contributed by atoms with van der Waals surface area (Å²) in [5.41, 5.74) is 3.23. The van der Waals surface area contributed by atoms with E-state index in [4.69, 9.17) is 9.73 Å². The number of likely N-dealkylation sites (N-methyl/N-ethyl adjacent to an activating group) is 1. The quantitative estimate of drug-likeness (QED) is 0.636. The van der Waals surface area contributed by atoms with Crippen molar-refractivity contribution in [3.63, 3.8) is 0 Å². The largest absolute Gasteiger partial charge is 0.587 e. The summed E-state index contributed by atoms with van der Waals surface area (Å²) in [7, 11) is 1.91. The van der Waals surface area contributed by atoms with Crippen molar-refractivity contribution in [3.05, 3.63) is 52.8 Å². The highest BCUT2D eigenvalue weighted by Gasteiger charge is 2.39. The van der Waals surface area contributed by atoms with E-state index in [-0.39, 0.29) is 10.7 Å². The van der Waals surface area contributed by atoms with Crippen molar-refractivity contribution in [2.24, 2.45) is 10.9 Å². The van der Waals surface area contributed by atoms with Crippen LogP contribution in [-0.4, -0.2) is 70.0 Å². The average Bonchev–Trinajstić information content (AvgIpc) is 3.52. The molecule has 0 radical (unpaired) electrons. The van der Waals surface area contributed by atoms with E-state index in [1.54, 1.807) is 0 Å². The first-order chi connectivity index (χ1) is 15.0. The second-order valence-corrected chi connectivity index (χ2v) is 12.8. The Hall–Kier alpha value is -1.23. The Morgan fingerprint density at radius 1 is 1.42 bits per heavy atom. The summed E-state index contributed by atoms with van der Waals surface area (Å²) < 4.78 is 21.3. The molecule has 4 heterocycles. The van der Waals surface area contributed by atoms with Crippen LogP contribution in [0, 0.1) is 5.92 Å². The van der Waals surface area contributed by atoms with Crippen molar-refractivity contribution < 1.29 is 9.29 Å². The summed E-state index contributed by atoms with van der Waals surface area (Å²) in [6.45, 7) is 7.84. The van der Waals surface area contributed by atoms with Crippen LogP contribution >= 0.6 is 23.1 Å². The third-order valence-corrected chi connectivity index (χ3v) is 9.84. The second kappa shape index (κ2) is 8.96. The van der Waals surface area contributed by atoms with Gasteiger partial charge in [0.1, 0.15) is 22.1 Å². The van der Waals surface area contributed by atoms with Gasteiger partial charge in [0.15, 0.2) is 0 Å². The third kappa shape index (κ3) is 4.49. The molecule has 1 N–H and O–H groups in total. The van der Waals surface area contributed by atoms with Gasteiger partial charge in [-0.05, 0) is 36.9 Å². The molecule has 1 aromatic heterocycles. The monoisotopic (exact) mass is 476 g/mol. The minimum Gasteiger partial charge on any atom is -0.587 e. The summed E-state index contributed by atoms with van der Waals surface area (Å²) in [6, 6.07) is 3.87. The molecular formula is C22H28N4O2S3. The SMILES string of the molecule is CN(C1=C2NC(C3=NCC(C)(CN4CCOCC4)S3)=CC2CC=C1)[S+]([O-])c1cccs1. The van der Waals surface area contributed by atoms with Gasteiger partial charge in [-0.3, -0.25) is 9.89 Å². The van der Waals surface area contributed by atoms with Crippen LogP contribution < -0.4 is 5.32 Å². The number of thiophene rings is 1. The number of allylic oxidation sites excluding steroid dienone is 3. The lowest BCUT2D eigenvalue weighted by atomic mass is 9.97. The lowest BCUT2D eigenvalue weighted by Gasteiger charge is -2.33. The summed E-state index contributed by atoms with van der Waals surface area (Å²) in [6.07, 6.45) is 7.52. The van der Waals surface area contributed by atoms with Gasteiger partial charge in [0, 0.05) is 31.6 Å². The third-order valence-electron chi connectivity index (χ3n) is 6.00. The Labute approximate surface area is 195 Å². The second-order valence-electron chi connectivity index (χ2n) is 8.49. The first-order valence-corrected chi connectivity index (χ1v) is 13.5. The molecule has 9 heteroatoms. The number of fused-ring (bicyclic) bond motifs is 1.